The number of H-pyrrole nitrogens is 1. The maximum absolute atomic E-state index is 12.6. The van der Waals surface area contributed by atoms with E-state index in [2.05, 4.69) is 20.0 Å². The lowest BCUT2D eigenvalue weighted by Crippen LogP contribution is -2.30. The molecule has 7 nitrogen and oxygen atoms in total. The molecule has 0 spiro atoms. The maximum Gasteiger partial charge on any atom is 0.240 e. The Balaban J connectivity index is 1.37. The largest absolute Gasteiger partial charge is 0.352 e. The molecule has 0 bridgehead atoms. The Morgan fingerprint density at radius 1 is 0.935 bits per heavy atom. The topological polar surface area (TPSA) is 104 Å². The number of sulfonamides is 1. The molecule has 0 fully saturated rings. The molecule has 0 saturated carbocycles. The Morgan fingerprint density at radius 3 is 2.39 bits per heavy atom. The first-order valence-corrected chi connectivity index (χ1v) is 11.3. The summed E-state index contributed by atoms with van der Waals surface area (Å²) in [6, 6.07) is 23.9. The average molecular weight is 435 g/mol. The summed E-state index contributed by atoms with van der Waals surface area (Å²) in [6.07, 6.45) is 0.0521. The van der Waals surface area contributed by atoms with Gasteiger partial charge in [0, 0.05) is 25.1 Å². The van der Waals surface area contributed by atoms with E-state index in [4.69, 9.17) is 0 Å². The number of amides is 1. The van der Waals surface area contributed by atoms with E-state index in [-0.39, 0.29) is 23.8 Å². The SMILES string of the molecule is O=C(CCNS(=O)(=O)c1ccc2nc(-c3ccccc3)[nH]c2c1)NCc1ccccc1. The minimum atomic E-state index is -3.75. The molecule has 0 radical (unpaired) electrons. The van der Waals surface area contributed by atoms with Gasteiger partial charge in [0.05, 0.1) is 15.9 Å². The fraction of sp³-hybridized carbons (Fsp3) is 0.130. The van der Waals surface area contributed by atoms with Gasteiger partial charge in [0.15, 0.2) is 0 Å². The van der Waals surface area contributed by atoms with Crippen molar-refractivity contribution < 1.29 is 13.2 Å². The van der Waals surface area contributed by atoms with Crippen LogP contribution in [0.4, 0.5) is 0 Å². The lowest BCUT2D eigenvalue weighted by Gasteiger charge is -2.08. The van der Waals surface area contributed by atoms with Crippen LogP contribution < -0.4 is 10.0 Å². The van der Waals surface area contributed by atoms with Crippen molar-refractivity contribution in [2.24, 2.45) is 0 Å². The predicted octanol–water partition coefficient (Wildman–Crippen LogP) is 3.21. The highest BCUT2D eigenvalue weighted by molar-refractivity contribution is 7.89. The van der Waals surface area contributed by atoms with Crippen LogP contribution in [0, 0.1) is 0 Å². The van der Waals surface area contributed by atoms with Crippen LogP contribution in [-0.4, -0.2) is 30.8 Å². The molecule has 0 aliphatic heterocycles. The number of nitrogens with zero attached hydrogens (tertiary/aromatic N) is 1. The first kappa shape index (κ1) is 20.8. The first-order valence-electron chi connectivity index (χ1n) is 9.87. The average Bonchev–Trinajstić information content (AvgIpc) is 3.22. The number of aromatic amines is 1. The van der Waals surface area contributed by atoms with Crippen LogP contribution in [0.15, 0.2) is 83.8 Å². The minimum absolute atomic E-state index is 0.0131. The van der Waals surface area contributed by atoms with Gasteiger partial charge in [0.1, 0.15) is 5.82 Å². The second kappa shape index (κ2) is 9.11. The lowest BCUT2D eigenvalue weighted by molar-refractivity contribution is -0.121. The fourth-order valence-corrected chi connectivity index (χ4v) is 4.21. The molecule has 3 aromatic carbocycles. The zero-order valence-corrected chi connectivity index (χ0v) is 17.5. The smallest absolute Gasteiger partial charge is 0.240 e. The van der Waals surface area contributed by atoms with Gasteiger partial charge in [-0.05, 0) is 23.8 Å². The summed E-state index contributed by atoms with van der Waals surface area (Å²) in [4.78, 5) is 19.8. The molecule has 1 heterocycles. The third kappa shape index (κ3) is 5.17. The van der Waals surface area contributed by atoms with E-state index in [0.29, 0.717) is 23.4 Å². The van der Waals surface area contributed by atoms with Crippen molar-refractivity contribution in [2.45, 2.75) is 17.9 Å². The minimum Gasteiger partial charge on any atom is -0.352 e. The van der Waals surface area contributed by atoms with Crippen LogP contribution in [0.1, 0.15) is 12.0 Å². The van der Waals surface area contributed by atoms with Crippen molar-refractivity contribution in [1.82, 2.24) is 20.0 Å². The molecule has 0 atom stereocenters. The highest BCUT2D eigenvalue weighted by Crippen LogP contribution is 2.22. The van der Waals surface area contributed by atoms with E-state index in [9.17, 15) is 13.2 Å². The quantitative estimate of drug-likeness (QED) is 0.396. The van der Waals surface area contributed by atoms with Crippen molar-refractivity contribution in [3.63, 3.8) is 0 Å². The maximum atomic E-state index is 12.6. The van der Waals surface area contributed by atoms with Crippen molar-refractivity contribution in [2.75, 3.05) is 6.54 Å². The normalized spacial score (nSPS) is 11.5. The summed E-state index contributed by atoms with van der Waals surface area (Å²) < 4.78 is 27.8. The standard InChI is InChI=1S/C23H22N4O3S/c28-22(24-16-17-7-3-1-4-8-17)13-14-25-31(29,30)19-11-12-20-21(15-19)27-23(26-20)18-9-5-2-6-10-18/h1-12,15,25H,13-14,16H2,(H,24,28)(H,26,27). The van der Waals surface area contributed by atoms with E-state index in [0.717, 1.165) is 11.1 Å². The molecule has 0 aliphatic rings. The van der Waals surface area contributed by atoms with Crippen LogP contribution >= 0.6 is 0 Å². The summed E-state index contributed by atoms with van der Waals surface area (Å²) in [5, 5.41) is 2.78. The molecule has 0 unspecified atom stereocenters. The molecule has 0 saturated heterocycles. The van der Waals surface area contributed by atoms with Gasteiger partial charge in [0.25, 0.3) is 0 Å². The highest BCUT2D eigenvalue weighted by Gasteiger charge is 2.16. The van der Waals surface area contributed by atoms with Crippen LogP contribution in [0.3, 0.4) is 0 Å². The summed E-state index contributed by atoms with van der Waals surface area (Å²) >= 11 is 0. The van der Waals surface area contributed by atoms with E-state index >= 15 is 0 Å². The fourth-order valence-electron chi connectivity index (χ4n) is 3.16. The lowest BCUT2D eigenvalue weighted by atomic mass is 10.2. The third-order valence-electron chi connectivity index (χ3n) is 4.79. The molecule has 4 aromatic rings. The Labute approximate surface area is 180 Å². The van der Waals surface area contributed by atoms with Crippen LogP contribution in [-0.2, 0) is 21.4 Å². The number of imidazole rings is 1. The van der Waals surface area contributed by atoms with Crippen molar-refractivity contribution >= 4 is 27.0 Å². The molecule has 0 aliphatic carbocycles. The Hall–Kier alpha value is -3.49. The monoisotopic (exact) mass is 434 g/mol. The zero-order valence-electron chi connectivity index (χ0n) is 16.7. The number of rotatable bonds is 8. The third-order valence-corrected chi connectivity index (χ3v) is 6.25. The molecule has 8 heteroatoms. The van der Waals surface area contributed by atoms with Crippen molar-refractivity contribution in [3.8, 4) is 11.4 Å². The summed E-state index contributed by atoms with van der Waals surface area (Å²) in [6.45, 7) is 0.423. The number of nitrogens with one attached hydrogen (secondary N) is 3. The van der Waals surface area contributed by atoms with Crippen LogP contribution in [0.5, 0.6) is 0 Å². The number of hydrogen-bond acceptors (Lipinski definition) is 4. The Kier molecular flexibility index (Phi) is 6.11. The van der Waals surface area contributed by atoms with Gasteiger partial charge in [-0.2, -0.15) is 0 Å². The number of benzene rings is 3. The van der Waals surface area contributed by atoms with Crippen LogP contribution in [0.25, 0.3) is 22.4 Å². The molecule has 1 aromatic heterocycles. The molecular weight excluding hydrogens is 412 g/mol. The number of aromatic nitrogens is 2. The van der Waals surface area contributed by atoms with Gasteiger partial charge in [0.2, 0.25) is 15.9 Å². The van der Waals surface area contributed by atoms with Gasteiger partial charge >= 0.3 is 0 Å². The molecule has 4 rings (SSSR count). The summed E-state index contributed by atoms with van der Waals surface area (Å²) in [5.41, 5.74) is 3.21. The van der Waals surface area contributed by atoms with Gasteiger partial charge in [-0.25, -0.2) is 18.1 Å². The molecule has 158 valence electrons. The van der Waals surface area contributed by atoms with E-state index in [1.807, 2.05) is 60.7 Å². The number of carbonyl (C=O) groups is 1. The number of fused-ring (bicyclic) bond motifs is 1. The molecule has 1 amide bonds. The second-order valence-electron chi connectivity index (χ2n) is 7.04. The Morgan fingerprint density at radius 2 is 1.65 bits per heavy atom. The van der Waals surface area contributed by atoms with E-state index in [1.165, 1.54) is 6.07 Å². The zero-order chi connectivity index (χ0) is 21.7. The number of hydrogen-bond donors (Lipinski definition) is 3. The summed E-state index contributed by atoms with van der Waals surface area (Å²) in [5.74, 6) is 0.455. The number of carbonyl (C=O) groups excluding carboxylic acids is 1. The van der Waals surface area contributed by atoms with Crippen molar-refractivity contribution in [3.05, 3.63) is 84.4 Å². The van der Waals surface area contributed by atoms with Gasteiger partial charge < -0.3 is 10.3 Å². The molecular formula is C23H22N4O3S. The first-order chi connectivity index (χ1) is 15.0. The molecule has 3 N–H and O–H groups in total. The van der Waals surface area contributed by atoms with E-state index < -0.39 is 10.0 Å². The van der Waals surface area contributed by atoms with Crippen molar-refractivity contribution in [1.29, 1.82) is 0 Å². The summed E-state index contributed by atoms with van der Waals surface area (Å²) in [7, 11) is -3.75. The highest BCUT2D eigenvalue weighted by atomic mass is 32.2. The van der Waals surface area contributed by atoms with Crippen LogP contribution in [0.2, 0.25) is 0 Å². The predicted molar refractivity (Wildman–Crippen MR) is 120 cm³/mol. The second-order valence-corrected chi connectivity index (χ2v) is 8.81. The van der Waals surface area contributed by atoms with Gasteiger partial charge in [-0.3, -0.25) is 4.79 Å². The van der Waals surface area contributed by atoms with Gasteiger partial charge in [-0.15, -0.1) is 0 Å². The molecule has 31 heavy (non-hydrogen) atoms. The van der Waals surface area contributed by atoms with E-state index in [1.54, 1.807) is 12.1 Å². The van der Waals surface area contributed by atoms with Gasteiger partial charge in [-0.1, -0.05) is 60.7 Å². The Bertz CT molecular complexity index is 1290.